The number of carbonyl (C=O) groups is 1. The van der Waals surface area contributed by atoms with Crippen LogP contribution in [-0.4, -0.2) is 5.97 Å². The number of hydrogen-bond acceptors (Lipinski definition) is 3. The van der Waals surface area contributed by atoms with Crippen LogP contribution in [0.15, 0.2) is 34.9 Å². The van der Waals surface area contributed by atoms with E-state index in [0.717, 1.165) is 23.8 Å². The summed E-state index contributed by atoms with van der Waals surface area (Å²) in [6.07, 6.45) is 3.54. The van der Waals surface area contributed by atoms with Gasteiger partial charge >= 0.3 is 5.97 Å². The largest absolute Gasteiger partial charge is 0.464 e. The predicted molar refractivity (Wildman–Crippen MR) is 54.6 cm³/mol. The number of rotatable bonds is 2. The Kier molecular flexibility index (Phi) is 1.78. The van der Waals surface area contributed by atoms with Crippen molar-refractivity contribution < 1.29 is 13.9 Å². The Hall–Kier alpha value is -1.77. The lowest BCUT2D eigenvalue weighted by Gasteiger charge is -2.02. The van der Waals surface area contributed by atoms with Crippen molar-refractivity contribution in [3.05, 3.63) is 30.5 Å². The first-order valence-electron chi connectivity index (χ1n) is 5.02. The third-order valence-electron chi connectivity index (χ3n) is 2.56. The summed E-state index contributed by atoms with van der Waals surface area (Å²) >= 11 is 0. The van der Waals surface area contributed by atoms with Gasteiger partial charge in [-0.3, -0.25) is 4.79 Å². The fraction of sp³-hybridized carbons (Fsp3) is 0.250. The number of benzene rings is 1. The lowest BCUT2D eigenvalue weighted by Crippen LogP contribution is -2.09. The number of furan rings is 1. The molecule has 0 unspecified atom stereocenters. The van der Waals surface area contributed by atoms with E-state index in [2.05, 4.69) is 0 Å². The van der Waals surface area contributed by atoms with Gasteiger partial charge in [-0.1, -0.05) is 0 Å². The number of fused-ring (bicyclic) bond motifs is 1. The molecule has 0 bridgehead atoms. The van der Waals surface area contributed by atoms with Gasteiger partial charge in [-0.25, -0.2) is 0 Å². The third-order valence-corrected chi connectivity index (χ3v) is 2.56. The molecule has 76 valence electrons. The van der Waals surface area contributed by atoms with E-state index in [1.165, 1.54) is 0 Å². The maximum absolute atomic E-state index is 11.4. The quantitative estimate of drug-likeness (QED) is 0.555. The highest BCUT2D eigenvalue weighted by Gasteiger charge is 2.31. The summed E-state index contributed by atoms with van der Waals surface area (Å²) in [5, 5.41) is 1.02. The summed E-state index contributed by atoms with van der Waals surface area (Å²) < 4.78 is 10.4. The van der Waals surface area contributed by atoms with Crippen molar-refractivity contribution in [3.63, 3.8) is 0 Å². The standard InChI is InChI=1S/C12H10O3/c13-12(9-1-2-9)15-10-4-3-8-5-6-14-11(8)7-10/h3-7,9H,1-2H2. The van der Waals surface area contributed by atoms with Crippen LogP contribution >= 0.6 is 0 Å². The van der Waals surface area contributed by atoms with Crippen LogP contribution in [-0.2, 0) is 4.79 Å². The molecule has 3 nitrogen and oxygen atoms in total. The van der Waals surface area contributed by atoms with E-state index < -0.39 is 0 Å². The van der Waals surface area contributed by atoms with Crippen molar-refractivity contribution in [1.82, 2.24) is 0 Å². The molecule has 0 N–H and O–H groups in total. The van der Waals surface area contributed by atoms with Crippen LogP contribution in [0.25, 0.3) is 11.0 Å². The molecule has 1 fully saturated rings. The van der Waals surface area contributed by atoms with Gasteiger partial charge < -0.3 is 9.15 Å². The molecule has 0 atom stereocenters. The second-order valence-corrected chi connectivity index (χ2v) is 3.82. The highest BCUT2D eigenvalue weighted by Crippen LogP contribution is 2.31. The normalized spacial score (nSPS) is 15.5. The molecule has 0 aliphatic heterocycles. The van der Waals surface area contributed by atoms with E-state index in [0.29, 0.717) is 5.75 Å². The summed E-state index contributed by atoms with van der Waals surface area (Å²) in [5.41, 5.74) is 0.746. The molecule has 1 aromatic carbocycles. The van der Waals surface area contributed by atoms with Crippen LogP contribution < -0.4 is 4.74 Å². The second kappa shape index (κ2) is 3.12. The minimum atomic E-state index is -0.124. The summed E-state index contributed by atoms with van der Waals surface area (Å²) in [5.74, 6) is 0.563. The molecule has 2 aromatic rings. The molecule has 3 heteroatoms. The topological polar surface area (TPSA) is 39.4 Å². The van der Waals surface area contributed by atoms with E-state index >= 15 is 0 Å². The van der Waals surface area contributed by atoms with Crippen molar-refractivity contribution >= 4 is 16.9 Å². The van der Waals surface area contributed by atoms with Crippen LogP contribution in [0.4, 0.5) is 0 Å². The van der Waals surface area contributed by atoms with E-state index in [-0.39, 0.29) is 11.9 Å². The fourth-order valence-corrected chi connectivity index (χ4v) is 1.52. The first kappa shape index (κ1) is 8.53. The van der Waals surface area contributed by atoms with E-state index in [4.69, 9.17) is 9.15 Å². The van der Waals surface area contributed by atoms with Gasteiger partial charge in [-0.05, 0) is 31.0 Å². The molecule has 0 saturated heterocycles. The number of carbonyl (C=O) groups excluding carboxylic acids is 1. The summed E-state index contributed by atoms with van der Waals surface area (Å²) in [4.78, 5) is 11.4. The van der Waals surface area contributed by atoms with Gasteiger partial charge in [0, 0.05) is 11.5 Å². The van der Waals surface area contributed by atoms with Crippen LogP contribution in [0.2, 0.25) is 0 Å². The maximum Gasteiger partial charge on any atom is 0.314 e. The van der Waals surface area contributed by atoms with Gasteiger partial charge in [0.2, 0.25) is 0 Å². The maximum atomic E-state index is 11.4. The monoisotopic (exact) mass is 202 g/mol. The summed E-state index contributed by atoms with van der Waals surface area (Å²) in [6, 6.07) is 7.30. The van der Waals surface area contributed by atoms with Crippen LogP contribution in [0.1, 0.15) is 12.8 Å². The molecule has 1 saturated carbocycles. The van der Waals surface area contributed by atoms with E-state index in [1.807, 2.05) is 12.1 Å². The molecule has 0 radical (unpaired) electrons. The van der Waals surface area contributed by atoms with Crippen molar-refractivity contribution in [2.45, 2.75) is 12.8 Å². The molecular weight excluding hydrogens is 192 g/mol. The predicted octanol–water partition coefficient (Wildman–Crippen LogP) is 2.75. The average molecular weight is 202 g/mol. The van der Waals surface area contributed by atoms with Gasteiger partial charge in [-0.2, -0.15) is 0 Å². The molecule has 1 heterocycles. The van der Waals surface area contributed by atoms with Gasteiger partial charge in [-0.15, -0.1) is 0 Å². The lowest BCUT2D eigenvalue weighted by atomic mass is 10.2. The summed E-state index contributed by atoms with van der Waals surface area (Å²) in [7, 11) is 0. The minimum Gasteiger partial charge on any atom is -0.464 e. The first-order valence-corrected chi connectivity index (χ1v) is 5.02. The van der Waals surface area contributed by atoms with Crippen molar-refractivity contribution in [2.75, 3.05) is 0 Å². The van der Waals surface area contributed by atoms with Crippen LogP contribution in [0.3, 0.4) is 0 Å². The Balaban J connectivity index is 1.86. The highest BCUT2D eigenvalue weighted by atomic mass is 16.5. The Morgan fingerprint density at radius 1 is 1.33 bits per heavy atom. The Bertz CT molecular complexity index is 508. The third kappa shape index (κ3) is 1.61. The van der Waals surface area contributed by atoms with Gasteiger partial charge in [0.05, 0.1) is 12.2 Å². The second-order valence-electron chi connectivity index (χ2n) is 3.82. The number of ether oxygens (including phenoxy) is 1. The number of esters is 1. The van der Waals surface area contributed by atoms with Crippen LogP contribution in [0.5, 0.6) is 5.75 Å². The molecule has 1 aliphatic carbocycles. The minimum absolute atomic E-state index is 0.122. The van der Waals surface area contributed by atoms with Crippen LogP contribution in [0, 0.1) is 5.92 Å². The van der Waals surface area contributed by atoms with Crippen molar-refractivity contribution in [2.24, 2.45) is 5.92 Å². The Morgan fingerprint density at radius 2 is 2.20 bits per heavy atom. The molecule has 1 aromatic heterocycles. The average Bonchev–Trinajstić information content (AvgIpc) is 2.98. The van der Waals surface area contributed by atoms with Crippen molar-refractivity contribution in [1.29, 1.82) is 0 Å². The number of hydrogen-bond donors (Lipinski definition) is 0. The molecule has 15 heavy (non-hydrogen) atoms. The zero-order chi connectivity index (χ0) is 10.3. The van der Waals surface area contributed by atoms with Gasteiger partial charge in [0.1, 0.15) is 11.3 Å². The van der Waals surface area contributed by atoms with E-state index in [1.54, 1.807) is 18.4 Å². The first-order chi connectivity index (χ1) is 7.33. The van der Waals surface area contributed by atoms with Crippen molar-refractivity contribution in [3.8, 4) is 5.75 Å². The smallest absolute Gasteiger partial charge is 0.314 e. The molecule has 3 rings (SSSR count). The SMILES string of the molecule is O=C(Oc1ccc2ccoc2c1)C1CC1. The Labute approximate surface area is 86.6 Å². The molecular formula is C12H10O3. The zero-order valence-corrected chi connectivity index (χ0v) is 8.10. The molecule has 0 spiro atoms. The fourth-order valence-electron chi connectivity index (χ4n) is 1.52. The summed E-state index contributed by atoms with van der Waals surface area (Å²) in [6.45, 7) is 0. The zero-order valence-electron chi connectivity index (χ0n) is 8.10. The van der Waals surface area contributed by atoms with E-state index in [9.17, 15) is 4.79 Å². The van der Waals surface area contributed by atoms with Gasteiger partial charge in [0.15, 0.2) is 0 Å². The molecule has 0 amide bonds. The van der Waals surface area contributed by atoms with Gasteiger partial charge in [0.25, 0.3) is 0 Å². The lowest BCUT2D eigenvalue weighted by molar-refractivity contribution is -0.135. The highest BCUT2D eigenvalue weighted by molar-refractivity contribution is 5.81. The Morgan fingerprint density at radius 3 is 3.00 bits per heavy atom. The molecule has 1 aliphatic rings.